The highest BCUT2D eigenvalue weighted by Crippen LogP contribution is 2.23. The molecule has 0 saturated carbocycles. The SMILES string of the molecule is Cc1ccc(S(=O)(=O)N(C)c2ccc(C(=O)Nc3ccccc3C)cc2)cc1. The van der Waals surface area contributed by atoms with E-state index >= 15 is 0 Å². The summed E-state index contributed by atoms with van der Waals surface area (Å²) in [5, 5.41) is 2.87. The topological polar surface area (TPSA) is 66.5 Å². The van der Waals surface area contributed by atoms with E-state index < -0.39 is 10.0 Å². The molecule has 0 bridgehead atoms. The van der Waals surface area contributed by atoms with Crippen molar-refractivity contribution in [3.05, 3.63) is 89.5 Å². The third kappa shape index (κ3) is 4.07. The first-order valence-corrected chi connectivity index (χ1v) is 10.3. The standard InChI is InChI=1S/C22H22N2O3S/c1-16-8-14-20(15-9-16)28(26,27)24(3)19-12-10-18(11-13-19)22(25)23-21-7-5-4-6-17(21)2/h4-15H,1-3H3,(H,23,25). The number of nitrogens with one attached hydrogen (secondary N) is 1. The molecule has 0 heterocycles. The highest BCUT2D eigenvalue weighted by molar-refractivity contribution is 7.92. The summed E-state index contributed by atoms with van der Waals surface area (Å²) in [6, 6.07) is 20.7. The van der Waals surface area contributed by atoms with E-state index in [1.807, 2.05) is 38.1 Å². The lowest BCUT2D eigenvalue weighted by atomic mass is 10.1. The van der Waals surface area contributed by atoms with Crippen molar-refractivity contribution < 1.29 is 13.2 Å². The summed E-state index contributed by atoms with van der Waals surface area (Å²) < 4.78 is 26.8. The van der Waals surface area contributed by atoms with Crippen molar-refractivity contribution in [3.8, 4) is 0 Å². The summed E-state index contributed by atoms with van der Waals surface area (Å²) in [4.78, 5) is 12.7. The van der Waals surface area contributed by atoms with Crippen LogP contribution in [0.4, 0.5) is 11.4 Å². The second-order valence-corrected chi connectivity index (χ2v) is 8.57. The molecule has 0 spiro atoms. The number of hydrogen-bond donors (Lipinski definition) is 1. The molecule has 0 aliphatic heterocycles. The molecule has 0 radical (unpaired) electrons. The van der Waals surface area contributed by atoms with Crippen molar-refractivity contribution >= 4 is 27.3 Å². The fourth-order valence-electron chi connectivity index (χ4n) is 2.74. The number of nitrogens with zero attached hydrogens (tertiary/aromatic N) is 1. The van der Waals surface area contributed by atoms with Gasteiger partial charge < -0.3 is 5.32 Å². The minimum Gasteiger partial charge on any atom is -0.322 e. The molecule has 3 rings (SSSR count). The zero-order valence-electron chi connectivity index (χ0n) is 16.0. The van der Waals surface area contributed by atoms with Crippen LogP contribution in [0.5, 0.6) is 0 Å². The number of sulfonamides is 1. The first kappa shape index (κ1) is 19.6. The monoisotopic (exact) mass is 394 g/mol. The smallest absolute Gasteiger partial charge is 0.264 e. The van der Waals surface area contributed by atoms with Gasteiger partial charge in [0, 0.05) is 18.3 Å². The van der Waals surface area contributed by atoms with E-state index in [0.717, 1.165) is 16.8 Å². The van der Waals surface area contributed by atoms with E-state index in [4.69, 9.17) is 0 Å². The van der Waals surface area contributed by atoms with Gasteiger partial charge in [-0.1, -0.05) is 35.9 Å². The third-order valence-electron chi connectivity index (χ3n) is 4.57. The lowest BCUT2D eigenvalue weighted by Crippen LogP contribution is -2.26. The fourth-order valence-corrected chi connectivity index (χ4v) is 3.93. The summed E-state index contributed by atoms with van der Waals surface area (Å²) in [6.45, 7) is 3.82. The average molecular weight is 394 g/mol. The Bertz CT molecular complexity index is 1090. The molecule has 0 aliphatic carbocycles. The second kappa shape index (κ2) is 7.86. The number of hydrogen-bond acceptors (Lipinski definition) is 3. The molecule has 0 aliphatic rings. The Balaban J connectivity index is 1.79. The predicted octanol–water partition coefficient (Wildman–Crippen LogP) is 4.38. The maximum Gasteiger partial charge on any atom is 0.264 e. The average Bonchev–Trinajstić information content (AvgIpc) is 2.69. The maximum absolute atomic E-state index is 12.8. The summed E-state index contributed by atoms with van der Waals surface area (Å²) in [6.07, 6.45) is 0. The molecule has 6 heteroatoms. The Kier molecular flexibility index (Phi) is 5.51. The second-order valence-electron chi connectivity index (χ2n) is 6.60. The number of anilines is 2. The third-order valence-corrected chi connectivity index (χ3v) is 6.37. The van der Waals surface area contributed by atoms with Crippen molar-refractivity contribution in [2.24, 2.45) is 0 Å². The van der Waals surface area contributed by atoms with Crippen molar-refractivity contribution in [1.29, 1.82) is 0 Å². The summed E-state index contributed by atoms with van der Waals surface area (Å²) in [5.74, 6) is -0.245. The van der Waals surface area contributed by atoms with Gasteiger partial charge in [0.1, 0.15) is 0 Å². The van der Waals surface area contributed by atoms with Crippen LogP contribution in [0.3, 0.4) is 0 Å². The van der Waals surface area contributed by atoms with Gasteiger partial charge in [0.2, 0.25) is 0 Å². The van der Waals surface area contributed by atoms with E-state index in [2.05, 4.69) is 5.32 Å². The van der Waals surface area contributed by atoms with E-state index in [-0.39, 0.29) is 10.8 Å². The number of rotatable bonds is 5. The molecule has 1 N–H and O–H groups in total. The summed E-state index contributed by atoms with van der Waals surface area (Å²) in [5.41, 5.74) is 3.64. The first-order valence-electron chi connectivity index (χ1n) is 8.82. The zero-order valence-corrected chi connectivity index (χ0v) is 16.8. The van der Waals surface area contributed by atoms with Gasteiger partial charge in [0.25, 0.3) is 15.9 Å². The van der Waals surface area contributed by atoms with Crippen LogP contribution >= 0.6 is 0 Å². The molecule has 3 aromatic rings. The van der Waals surface area contributed by atoms with Crippen LogP contribution in [0, 0.1) is 13.8 Å². The molecule has 28 heavy (non-hydrogen) atoms. The molecule has 5 nitrogen and oxygen atoms in total. The number of aryl methyl sites for hydroxylation is 2. The van der Waals surface area contributed by atoms with Crippen LogP contribution in [0.25, 0.3) is 0 Å². The van der Waals surface area contributed by atoms with Gasteiger partial charge in [-0.3, -0.25) is 9.10 Å². The van der Waals surface area contributed by atoms with Crippen molar-refractivity contribution in [2.75, 3.05) is 16.7 Å². The van der Waals surface area contributed by atoms with E-state index in [1.165, 1.54) is 11.4 Å². The summed E-state index contributed by atoms with van der Waals surface area (Å²) >= 11 is 0. The summed E-state index contributed by atoms with van der Waals surface area (Å²) in [7, 11) is -2.17. The molecule has 3 aromatic carbocycles. The highest BCUT2D eigenvalue weighted by Gasteiger charge is 2.21. The van der Waals surface area contributed by atoms with Crippen molar-refractivity contribution in [3.63, 3.8) is 0 Å². The number of carbonyl (C=O) groups excluding carboxylic acids is 1. The van der Waals surface area contributed by atoms with Crippen molar-refractivity contribution in [2.45, 2.75) is 18.7 Å². The zero-order chi connectivity index (χ0) is 20.3. The molecule has 0 saturated heterocycles. The van der Waals surface area contributed by atoms with Crippen LogP contribution < -0.4 is 9.62 Å². The number of para-hydroxylation sites is 1. The molecule has 0 fully saturated rings. The van der Waals surface area contributed by atoms with Gasteiger partial charge in [-0.25, -0.2) is 8.42 Å². The fraction of sp³-hybridized carbons (Fsp3) is 0.136. The van der Waals surface area contributed by atoms with E-state index in [1.54, 1.807) is 48.5 Å². The molecular formula is C22H22N2O3S. The number of amides is 1. The minimum absolute atomic E-state index is 0.224. The van der Waals surface area contributed by atoms with Gasteiger partial charge in [0.05, 0.1) is 10.6 Å². The molecule has 144 valence electrons. The molecule has 0 atom stereocenters. The van der Waals surface area contributed by atoms with Crippen LogP contribution in [0.2, 0.25) is 0 Å². The molecule has 1 amide bonds. The van der Waals surface area contributed by atoms with Crippen LogP contribution in [0.15, 0.2) is 77.7 Å². The predicted molar refractivity (Wildman–Crippen MR) is 112 cm³/mol. The van der Waals surface area contributed by atoms with E-state index in [9.17, 15) is 13.2 Å². The lowest BCUT2D eigenvalue weighted by molar-refractivity contribution is 0.102. The Hall–Kier alpha value is -3.12. The Labute approximate surface area is 165 Å². The minimum atomic E-state index is -3.66. The largest absolute Gasteiger partial charge is 0.322 e. The van der Waals surface area contributed by atoms with Gasteiger partial charge in [-0.15, -0.1) is 0 Å². The Morgan fingerprint density at radius 2 is 1.46 bits per heavy atom. The number of carbonyl (C=O) groups is 1. The van der Waals surface area contributed by atoms with Gasteiger partial charge in [0.15, 0.2) is 0 Å². The highest BCUT2D eigenvalue weighted by atomic mass is 32.2. The quantitative estimate of drug-likeness (QED) is 0.698. The van der Waals surface area contributed by atoms with Gasteiger partial charge in [-0.05, 0) is 61.9 Å². The van der Waals surface area contributed by atoms with Crippen LogP contribution in [-0.4, -0.2) is 21.4 Å². The van der Waals surface area contributed by atoms with E-state index in [0.29, 0.717) is 11.3 Å². The Morgan fingerprint density at radius 3 is 2.07 bits per heavy atom. The normalized spacial score (nSPS) is 11.1. The lowest BCUT2D eigenvalue weighted by Gasteiger charge is -2.20. The molecule has 0 unspecified atom stereocenters. The Morgan fingerprint density at radius 1 is 0.857 bits per heavy atom. The molecular weight excluding hydrogens is 372 g/mol. The van der Waals surface area contributed by atoms with Gasteiger partial charge >= 0.3 is 0 Å². The van der Waals surface area contributed by atoms with Crippen molar-refractivity contribution in [1.82, 2.24) is 0 Å². The molecule has 0 aromatic heterocycles. The first-order chi connectivity index (χ1) is 13.3. The van der Waals surface area contributed by atoms with Crippen LogP contribution in [-0.2, 0) is 10.0 Å². The number of benzene rings is 3. The maximum atomic E-state index is 12.8. The van der Waals surface area contributed by atoms with Crippen LogP contribution in [0.1, 0.15) is 21.5 Å². The van der Waals surface area contributed by atoms with Gasteiger partial charge in [-0.2, -0.15) is 0 Å².